The van der Waals surface area contributed by atoms with Gasteiger partial charge in [-0.2, -0.15) is 0 Å². The number of nitrogens with one attached hydrogen (secondary N) is 1. The molecule has 1 aliphatic rings. The van der Waals surface area contributed by atoms with Crippen LogP contribution in [0.3, 0.4) is 0 Å². The zero-order chi connectivity index (χ0) is 14.9. The molecule has 6 nitrogen and oxygen atoms in total. The first-order valence-electron chi connectivity index (χ1n) is 6.43. The van der Waals surface area contributed by atoms with E-state index in [1.807, 2.05) is 11.8 Å². The Hall–Kier alpha value is -1.76. The molecule has 2 rings (SSSR count). The first-order valence-corrected chi connectivity index (χ1v) is 8.25. The van der Waals surface area contributed by atoms with Crippen molar-refractivity contribution < 1.29 is 13.2 Å². The summed E-state index contributed by atoms with van der Waals surface area (Å²) in [6, 6.07) is 4.87. The number of carbonyl (C=O) groups excluding carboxylic acids is 1. The minimum atomic E-state index is -3.00. The zero-order valence-electron chi connectivity index (χ0n) is 11.6. The molecule has 0 spiro atoms. The molecule has 1 aliphatic heterocycles. The predicted octanol–water partition coefficient (Wildman–Crippen LogP) is 0.252. The number of hydrogen-bond acceptors (Lipinski definition) is 5. The van der Waals surface area contributed by atoms with Crippen molar-refractivity contribution >= 4 is 27.1 Å². The minimum Gasteiger partial charge on any atom is -0.399 e. The first kappa shape index (κ1) is 14.6. The summed E-state index contributed by atoms with van der Waals surface area (Å²) < 4.78 is 23.3. The van der Waals surface area contributed by atoms with Gasteiger partial charge >= 0.3 is 0 Å². The van der Waals surface area contributed by atoms with Gasteiger partial charge in [0.1, 0.15) is 0 Å². The number of rotatable bonds is 2. The van der Waals surface area contributed by atoms with Crippen molar-refractivity contribution in [3.05, 3.63) is 23.8 Å². The molecule has 1 fully saturated rings. The lowest BCUT2D eigenvalue weighted by Gasteiger charge is -2.36. The highest BCUT2D eigenvalue weighted by atomic mass is 32.2. The fraction of sp³-hybridized carbons (Fsp3) is 0.462. The van der Waals surface area contributed by atoms with E-state index in [2.05, 4.69) is 5.32 Å². The molecule has 1 amide bonds. The van der Waals surface area contributed by atoms with Gasteiger partial charge in [0.15, 0.2) is 9.84 Å². The van der Waals surface area contributed by atoms with E-state index >= 15 is 0 Å². The van der Waals surface area contributed by atoms with Crippen LogP contribution in [0.25, 0.3) is 0 Å². The van der Waals surface area contributed by atoms with E-state index in [9.17, 15) is 13.2 Å². The van der Waals surface area contributed by atoms with Crippen LogP contribution in [0.4, 0.5) is 11.4 Å². The first-order chi connectivity index (χ1) is 9.34. The van der Waals surface area contributed by atoms with E-state index < -0.39 is 9.84 Å². The quantitative estimate of drug-likeness (QED) is 0.764. The second kappa shape index (κ2) is 5.32. The third-order valence-electron chi connectivity index (χ3n) is 3.47. The van der Waals surface area contributed by atoms with Gasteiger partial charge in [-0.3, -0.25) is 4.79 Å². The third kappa shape index (κ3) is 2.87. The number of nitrogen functional groups attached to an aromatic ring is 1. The van der Waals surface area contributed by atoms with E-state index in [-0.39, 0.29) is 23.5 Å². The van der Waals surface area contributed by atoms with E-state index in [1.165, 1.54) is 0 Å². The Morgan fingerprint density at radius 1 is 1.45 bits per heavy atom. The van der Waals surface area contributed by atoms with Crippen molar-refractivity contribution in [2.45, 2.75) is 13.0 Å². The summed E-state index contributed by atoms with van der Waals surface area (Å²) in [4.78, 5) is 13.9. The molecular weight excluding hydrogens is 278 g/mol. The SMILES string of the molecule is CNC(=O)c1ccc(N)cc1N1CCS(=O)(=O)CC1C. The van der Waals surface area contributed by atoms with Crippen LogP contribution < -0.4 is 16.0 Å². The fourth-order valence-electron chi connectivity index (χ4n) is 2.47. The van der Waals surface area contributed by atoms with Gasteiger partial charge in [0, 0.05) is 25.3 Å². The maximum absolute atomic E-state index is 11.9. The molecule has 1 heterocycles. The van der Waals surface area contributed by atoms with Gasteiger partial charge in [0.25, 0.3) is 5.91 Å². The summed E-state index contributed by atoms with van der Waals surface area (Å²) in [7, 11) is -1.43. The second-order valence-electron chi connectivity index (χ2n) is 5.01. The van der Waals surface area contributed by atoms with Gasteiger partial charge in [-0.05, 0) is 25.1 Å². The number of amides is 1. The largest absolute Gasteiger partial charge is 0.399 e. The molecule has 1 aromatic rings. The number of benzene rings is 1. The number of nitrogens with zero attached hydrogens (tertiary/aromatic N) is 1. The highest BCUT2D eigenvalue weighted by molar-refractivity contribution is 7.91. The molecule has 0 radical (unpaired) electrons. The van der Waals surface area contributed by atoms with Crippen molar-refractivity contribution in [2.75, 3.05) is 35.7 Å². The summed E-state index contributed by atoms with van der Waals surface area (Å²) in [5.74, 6) is -0.0190. The van der Waals surface area contributed by atoms with Crippen LogP contribution in [0.2, 0.25) is 0 Å². The van der Waals surface area contributed by atoms with Gasteiger partial charge in [-0.25, -0.2) is 8.42 Å². The molecular formula is C13H19N3O3S. The maximum atomic E-state index is 11.9. The molecule has 7 heteroatoms. The Morgan fingerprint density at radius 2 is 2.15 bits per heavy atom. The Balaban J connectivity index is 2.41. The molecule has 3 N–H and O–H groups in total. The van der Waals surface area contributed by atoms with Gasteiger partial charge in [0.2, 0.25) is 0 Å². The number of anilines is 2. The normalized spacial score (nSPS) is 21.5. The van der Waals surface area contributed by atoms with E-state index in [0.717, 1.165) is 0 Å². The van der Waals surface area contributed by atoms with Crippen LogP contribution in [0.15, 0.2) is 18.2 Å². The average Bonchev–Trinajstić information content (AvgIpc) is 2.36. The van der Waals surface area contributed by atoms with Crippen LogP contribution in [-0.4, -0.2) is 45.5 Å². The smallest absolute Gasteiger partial charge is 0.253 e. The topological polar surface area (TPSA) is 92.5 Å². The monoisotopic (exact) mass is 297 g/mol. The lowest BCUT2D eigenvalue weighted by atomic mass is 10.1. The molecule has 1 unspecified atom stereocenters. The van der Waals surface area contributed by atoms with Crippen LogP contribution in [0.1, 0.15) is 17.3 Å². The third-order valence-corrected chi connectivity index (χ3v) is 5.27. The number of carbonyl (C=O) groups is 1. The Morgan fingerprint density at radius 3 is 2.75 bits per heavy atom. The van der Waals surface area contributed by atoms with Gasteiger partial charge in [0.05, 0.1) is 22.8 Å². The summed E-state index contributed by atoms with van der Waals surface area (Å²) in [5, 5.41) is 2.59. The number of sulfone groups is 1. The number of hydrogen-bond donors (Lipinski definition) is 2. The highest BCUT2D eigenvalue weighted by Gasteiger charge is 2.30. The lowest BCUT2D eigenvalue weighted by Crippen LogP contribution is -2.47. The van der Waals surface area contributed by atoms with Gasteiger partial charge < -0.3 is 16.0 Å². The Kier molecular flexibility index (Phi) is 3.89. The molecule has 1 saturated heterocycles. The standard InChI is InChI=1S/C13H19N3O3S/c1-9-8-20(18,19)6-5-16(9)12-7-10(14)3-4-11(12)13(17)15-2/h3-4,7,9H,5-6,8,14H2,1-2H3,(H,15,17). The molecule has 110 valence electrons. The zero-order valence-corrected chi connectivity index (χ0v) is 12.4. The molecule has 1 aromatic carbocycles. The van der Waals surface area contributed by atoms with Gasteiger partial charge in [-0.15, -0.1) is 0 Å². The molecule has 20 heavy (non-hydrogen) atoms. The average molecular weight is 297 g/mol. The molecule has 0 saturated carbocycles. The summed E-state index contributed by atoms with van der Waals surface area (Å²) >= 11 is 0. The Labute approximate surface area is 118 Å². The molecule has 0 bridgehead atoms. The van der Waals surface area contributed by atoms with Crippen molar-refractivity contribution in [1.82, 2.24) is 5.32 Å². The maximum Gasteiger partial charge on any atom is 0.253 e. The van der Waals surface area contributed by atoms with Crippen LogP contribution in [-0.2, 0) is 9.84 Å². The molecule has 1 atom stereocenters. The second-order valence-corrected chi connectivity index (χ2v) is 7.24. The van der Waals surface area contributed by atoms with E-state index in [4.69, 9.17) is 5.73 Å². The van der Waals surface area contributed by atoms with E-state index in [0.29, 0.717) is 23.5 Å². The lowest BCUT2D eigenvalue weighted by molar-refractivity contribution is 0.0963. The summed E-state index contributed by atoms with van der Waals surface area (Å²) in [6.07, 6.45) is 0. The van der Waals surface area contributed by atoms with Crippen molar-refractivity contribution in [3.63, 3.8) is 0 Å². The molecule has 0 aromatic heterocycles. The van der Waals surface area contributed by atoms with Crippen molar-refractivity contribution in [1.29, 1.82) is 0 Å². The fourth-order valence-corrected chi connectivity index (χ4v) is 4.03. The predicted molar refractivity (Wildman–Crippen MR) is 79.7 cm³/mol. The Bertz CT molecular complexity index is 628. The molecule has 0 aliphatic carbocycles. The summed E-state index contributed by atoms with van der Waals surface area (Å²) in [5.41, 5.74) is 7.54. The van der Waals surface area contributed by atoms with E-state index in [1.54, 1.807) is 25.2 Å². The van der Waals surface area contributed by atoms with Crippen LogP contribution in [0, 0.1) is 0 Å². The summed E-state index contributed by atoms with van der Waals surface area (Å²) in [6.45, 7) is 2.21. The van der Waals surface area contributed by atoms with Crippen molar-refractivity contribution in [3.8, 4) is 0 Å². The highest BCUT2D eigenvalue weighted by Crippen LogP contribution is 2.28. The van der Waals surface area contributed by atoms with Crippen LogP contribution >= 0.6 is 0 Å². The number of nitrogens with two attached hydrogens (primary N) is 1. The minimum absolute atomic E-state index is 0.0922. The van der Waals surface area contributed by atoms with Gasteiger partial charge in [-0.1, -0.05) is 0 Å². The van der Waals surface area contributed by atoms with Crippen LogP contribution in [0.5, 0.6) is 0 Å². The van der Waals surface area contributed by atoms with Crippen molar-refractivity contribution in [2.24, 2.45) is 0 Å².